The summed E-state index contributed by atoms with van der Waals surface area (Å²) < 4.78 is 26.6. The molecular weight excluding hydrogens is 430 g/mol. The van der Waals surface area contributed by atoms with Crippen LogP contribution in [0.25, 0.3) is 22.2 Å². The third-order valence-corrected chi connectivity index (χ3v) is 5.44. The number of methoxy groups -OCH3 is 2. The van der Waals surface area contributed by atoms with Crippen LogP contribution in [0.4, 0.5) is 4.39 Å². The number of ether oxygens (including phenoxy) is 2. The third-order valence-electron chi connectivity index (χ3n) is 4.83. The highest BCUT2D eigenvalue weighted by Gasteiger charge is 2.19. The summed E-state index contributed by atoms with van der Waals surface area (Å²) in [6, 6.07) is 11.3. The van der Waals surface area contributed by atoms with Gasteiger partial charge in [-0.1, -0.05) is 29.3 Å². The molecule has 4 rings (SSSR count). The zero-order chi connectivity index (χ0) is 21.4. The first-order chi connectivity index (χ1) is 14.4. The summed E-state index contributed by atoms with van der Waals surface area (Å²) in [5.74, 6) is 0.724. The van der Waals surface area contributed by atoms with Gasteiger partial charge >= 0.3 is 0 Å². The second kappa shape index (κ2) is 8.05. The number of pyridine rings is 1. The van der Waals surface area contributed by atoms with Crippen LogP contribution >= 0.6 is 23.2 Å². The van der Waals surface area contributed by atoms with E-state index in [1.807, 2.05) is 12.1 Å². The summed E-state index contributed by atoms with van der Waals surface area (Å²) in [7, 11) is 3.14. The van der Waals surface area contributed by atoms with E-state index in [1.54, 1.807) is 37.1 Å². The lowest BCUT2D eigenvalue weighted by molar-refractivity contribution is 0.387. The Balaban J connectivity index is 1.81. The van der Waals surface area contributed by atoms with Gasteiger partial charge in [-0.3, -0.25) is 0 Å². The number of aromatic nitrogens is 2. The van der Waals surface area contributed by atoms with Gasteiger partial charge < -0.3 is 19.1 Å². The predicted octanol–water partition coefficient (Wildman–Crippen LogP) is 5.92. The highest BCUT2D eigenvalue weighted by molar-refractivity contribution is 6.36. The standard InChI is InChI=1S/C22H17Cl2FN2O3/c1-29-13-7-6-12(19(8-13)30-2)10-27-11-18-21(22(27)28)15(24)9-17(26-18)20-14(23)4-3-5-16(20)25/h3-9,11,28H,10H2,1-2H3. The summed E-state index contributed by atoms with van der Waals surface area (Å²) in [6.45, 7) is 0.307. The van der Waals surface area contributed by atoms with E-state index in [0.29, 0.717) is 28.9 Å². The van der Waals surface area contributed by atoms with Gasteiger partial charge in [0.25, 0.3) is 0 Å². The number of rotatable bonds is 5. The fourth-order valence-electron chi connectivity index (χ4n) is 3.36. The summed E-state index contributed by atoms with van der Waals surface area (Å²) in [6.07, 6.45) is 1.65. The molecule has 154 valence electrons. The molecule has 0 saturated carbocycles. The molecule has 0 amide bonds. The van der Waals surface area contributed by atoms with Gasteiger partial charge in [-0.15, -0.1) is 0 Å². The highest BCUT2D eigenvalue weighted by Crippen LogP contribution is 2.38. The molecule has 4 aromatic rings. The Kier molecular flexibility index (Phi) is 5.45. The van der Waals surface area contributed by atoms with Gasteiger partial charge in [0.15, 0.2) is 0 Å². The number of halogens is 3. The molecule has 0 fully saturated rings. The van der Waals surface area contributed by atoms with Crippen LogP contribution in [0.2, 0.25) is 10.0 Å². The van der Waals surface area contributed by atoms with E-state index in [-0.39, 0.29) is 27.2 Å². The van der Waals surface area contributed by atoms with Crippen LogP contribution in [0.3, 0.4) is 0 Å². The molecule has 0 bridgehead atoms. The maximum absolute atomic E-state index is 14.3. The number of fused-ring (bicyclic) bond motifs is 1. The van der Waals surface area contributed by atoms with E-state index >= 15 is 0 Å². The van der Waals surface area contributed by atoms with Crippen molar-refractivity contribution in [3.05, 3.63) is 70.1 Å². The lowest BCUT2D eigenvalue weighted by Gasteiger charge is -2.11. The number of hydrogen-bond donors (Lipinski definition) is 1. The Labute approximate surface area is 182 Å². The van der Waals surface area contributed by atoms with Crippen molar-refractivity contribution >= 4 is 34.1 Å². The molecule has 0 aliphatic carbocycles. The maximum Gasteiger partial charge on any atom is 0.202 e. The first-order valence-corrected chi connectivity index (χ1v) is 9.72. The summed E-state index contributed by atoms with van der Waals surface area (Å²) in [5.41, 5.74) is 1.69. The molecule has 0 aliphatic rings. The van der Waals surface area contributed by atoms with Gasteiger partial charge in [-0.25, -0.2) is 9.37 Å². The minimum Gasteiger partial charge on any atom is -0.497 e. The average Bonchev–Trinajstić information content (AvgIpc) is 3.04. The summed E-state index contributed by atoms with van der Waals surface area (Å²) in [4.78, 5) is 4.48. The Morgan fingerprint density at radius 2 is 1.87 bits per heavy atom. The number of nitrogens with zero attached hydrogens (tertiary/aromatic N) is 2. The second-order valence-corrected chi connectivity index (χ2v) is 7.42. The number of benzene rings is 2. The molecule has 8 heteroatoms. The minimum absolute atomic E-state index is 0.0495. The fourth-order valence-corrected chi connectivity index (χ4v) is 3.90. The second-order valence-electron chi connectivity index (χ2n) is 6.60. The van der Waals surface area contributed by atoms with Crippen molar-refractivity contribution in [1.82, 2.24) is 9.55 Å². The lowest BCUT2D eigenvalue weighted by Crippen LogP contribution is -2.00. The number of hydrogen-bond acceptors (Lipinski definition) is 4. The topological polar surface area (TPSA) is 56.5 Å². The van der Waals surface area contributed by atoms with Crippen LogP contribution in [0.1, 0.15) is 5.56 Å². The normalized spacial score (nSPS) is 11.1. The summed E-state index contributed by atoms with van der Waals surface area (Å²) in [5, 5.41) is 11.6. The largest absolute Gasteiger partial charge is 0.497 e. The van der Waals surface area contributed by atoms with E-state index in [1.165, 1.54) is 18.2 Å². The van der Waals surface area contributed by atoms with E-state index < -0.39 is 5.82 Å². The quantitative estimate of drug-likeness (QED) is 0.413. The molecule has 5 nitrogen and oxygen atoms in total. The van der Waals surface area contributed by atoms with Crippen LogP contribution in [0, 0.1) is 5.82 Å². The molecule has 0 atom stereocenters. The van der Waals surface area contributed by atoms with E-state index in [2.05, 4.69) is 4.98 Å². The Hall–Kier alpha value is -2.96. The van der Waals surface area contributed by atoms with Crippen LogP contribution < -0.4 is 9.47 Å². The molecule has 0 spiro atoms. The molecule has 0 aliphatic heterocycles. The van der Waals surface area contributed by atoms with Crippen LogP contribution in [-0.4, -0.2) is 28.9 Å². The van der Waals surface area contributed by atoms with Crippen molar-refractivity contribution in [3.8, 4) is 28.6 Å². The van der Waals surface area contributed by atoms with Gasteiger partial charge in [-0.05, 0) is 30.3 Å². The van der Waals surface area contributed by atoms with E-state index in [9.17, 15) is 9.50 Å². The first kappa shape index (κ1) is 20.3. The van der Waals surface area contributed by atoms with Crippen LogP contribution in [0.15, 0.2) is 48.7 Å². The predicted molar refractivity (Wildman–Crippen MR) is 115 cm³/mol. The van der Waals surface area contributed by atoms with Crippen molar-refractivity contribution in [2.75, 3.05) is 14.2 Å². The van der Waals surface area contributed by atoms with E-state index in [4.69, 9.17) is 32.7 Å². The highest BCUT2D eigenvalue weighted by atomic mass is 35.5. The van der Waals surface area contributed by atoms with Gasteiger partial charge in [-0.2, -0.15) is 0 Å². The number of aromatic hydroxyl groups is 1. The van der Waals surface area contributed by atoms with Crippen molar-refractivity contribution in [2.45, 2.75) is 6.54 Å². The van der Waals surface area contributed by atoms with Crippen LogP contribution in [-0.2, 0) is 6.54 Å². The zero-order valence-corrected chi connectivity index (χ0v) is 17.6. The maximum atomic E-state index is 14.3. The monoisotopic (exact) mass is 446 g/mol. The zero-order valence-electron chi connectivity index (χ0n) is 16.1. The summed E-state index contributed by atoms with van der Waals surface area (Å²) >= 11 is 12.6. The fraction of sp³-hybridized carbons (Fsp3) is 0.136. The third kappa shape index (κ3) is 3.53. The van der Waals surface area contributed by atoms with Crippen molar-refractivity contribution in [3.63, 3.8) is 0 Å². The van der Waals surface area contributed by atoms with Crippen molar-refractivity contribution < 1.29 is 19.0 Å². The molecule has 2 heterocycles. The molecule has 1 N–H and O–H groups in total. The van der Waals surface area contributed by atoms with Gasteiger partial charge in [0.05, 0.1) is 53.0 Å². The van der Waals surface area contributed by atoms with Crippen molar-refractivity contribution in [2.24, 2.45) is 0 Å². The molecule has 0 radical (unpaired) electrons. The Morgan fingerprint density at radius 3 is 2.57 bits per heavy atom. The lowest BCUT2D eigenvalue weighted by atomic mass is 10.1. The average molecular weight is 447 g/mol. The van der Waals surface area contributed by atoms with Gasteiger partial charge in [0.2, 0.25) is 5.88 Å². The molecule has 2 aromatic heterocycles. The first-order valence-electron chi connectivity index (χ1n) is 8.96. The molecule has 0 saturated heterocycles. The minimum atomic E-state index is -0.503. The Bertz CT molecular complexity index is 1240. The van der Waals surface area contributed by atoms with Gasteiger partial charge in [0.1, 0.15) is 17.3 Å². The molecule has 30 heavy (non-hydrogen) atoms. The van der Waals surface area contributed by atoms with Crippen LogP contribution in [0.5, 0.6) is 17.4 Å². The smallest absolute Gasteiger partial charge is 0.202 e. The Morgan fingerprint density at radius 1 is 1.07 bits per heavy atom. The van der Waals surface area contributed by atoms with Crippen molar-refractivity contribution in [1.29, 1.82) is 0 Å². The van der Waals surface area contributed by atoms with Gasteiger partial charge in [0, 0.05) is 17.8 Å². The molecule has 2 aromatic carbocycles. The molecular formula is C22H17Cl2FN2O3. The van der Waals surface area contributed by atoms with E-state index in [0.717, 1.165) is 5.56 Å². The SMILES string of the molecule is COc1ccc(Cn2cc3nc(-c4c(F)cccc4Cl)cc(Cl)c3c2O)c(OC)c1. The molecule has 0 unspecified atom stereocenters.